The normalized spacial score (nSPS) is 11.4. The summed E-state index contributed by atoms with van der Waals surface area (Å²) in [7, 11) is 0. The van der Waals surface area contributed by atoms with Crippen LogP contribution >= 0.6 is 0 Å². The molecule has 5 nitrogen and oxygen atoms in total. The minimum absolute atomic E-state index is 0.511. The third kappa shape index (κ3) is 9.86. The Morgan fingerprint density at radius 3 is 1.28 bits per heavy atom. The lowest BCUT2D eigenvalue weighted by Crippen LogP contribution is -2.10. The van der Waals surface area contributed by atoms with E-state index >= 15 is 0 Å². The van der Waals surface area contributed by atoms with Crippen molar-refractivity contribution in [3.05, 3.63) is 307 Å². The first-order valence-electron chi connectivity index (χ1n) is 26.9. The van der Waals surface area contributed by atoms with Gasteiger partial charge in [-0.2, -0.15) is 0 Å². The summed E-state index contributed by atoms with van der Waals surface area (Å²) in [4.78, 5) is 2.38. The predicted molar refractivity (Wildman–Crippen MR) is 331 cm³/mol. The molecule has 0 atom stereocenters. The first kappa shape index (κ1) is 48.8. The number of para-hydroxylation sites is 2. The number of anilines is 3. The first-order valence-corrected chi connectivity index (χ1v) is 26.9. The highest BCUT2D eigenvalue weighted by molar-refractivity contribution is 6.12. The molecule has 2 aromatic heterocycles. The average Bonchev–Trinajstić information content (AvgIpc) is 4.17. The molecule has 0 radical (unpaired) electrons. The molecule has 0 aliphatic carbocycles. The van der Waals surface area contributed by atoms with E-state index in [9.17, 15) is 0 Å². The lowest BCUT2D eigenvalue weighted by molar-refractivity contribution is 0.107. The van der Waals surface area contributed by atoms with Gasteiger partial charge in [0.05, 0.1) is 48.5 Å². The molecule has 0 aliphatic heterocycles. The van der Waals surface area contributed by atoms with Crippen LogP contribution in [0.15, 0.2) is 274 Å². The topological polar surface area (TPSA) is 31.6 Å². The van der Waals surface area contributed by atoms with Crippen molar-refractivity contribution in [1.29, 1.82) is 0 Å². The van der Waals surface area contributed by atoms with Gasteiger partial charge in [-0.1, -0.05) is 189 Å². The van der Waals surface area contributed by atoms with Crippen LogP contribution in [0.2, 0.25) is 0 Å². The molecule has 0 N–H and O–H groups in total. The molecule has 0 fully saturated rings. The Morgan fingerprint density at radius 1 is 0.304 bits per heavy atom. The van der Waals surface area contributed by atoms with Gasteiger partial charge in [0, 0.05) is 50.0 Å². The molecule has 0 amide bonds. The minimum atomic E-state index is 0.511. The van der Waals surface area contributed by atoms with Crippen LogP contribution < -0.4 is 4.90 Å². The summed E-state index contributed by atoms with van der Waals surface area (Å²) in [6.07, 6.45) is 3.72. The summed E-state index contributed by atoms with van der Waals surface area (Å²) < 4.78 is 17.2. The Balaban J connectivity index is 0.839. The number of fused-ring (bicyclic) bond motifs is 6. The largest absolute Gasteiger partial charge is 0.372 e. The highest BCUT2D eigenvalue weighted by Gasteiger charge is 2.19. The molecular formula is C74H57N3O2. The van der Waals surface area contributed by atoms with Crippen LogP contribution in [-0.2, 0) is 35.9 Å². The molecule has 11 aromatic carbocycles. The summed E-state index contributed by atoms with van der Waals surface area (Å²) in [6.45, 7) is 9.89. The Hall–Kier alpha value is -9.78. The lowest BCUT2D eigenvalue weighted by Gasteiger charge is -2.26. The third-order valence-electron chi connectivity index (χ3n) is 15.2. The number of aromatic nitrogens is 2. The zero-order valence-electron chi connectivity index (χ0n) is 43.9. The van der Waals surface area contributed by atoms with Crippen LogP contribution in [0.25, 0.3) is 89.4 Å². The van der Waals surface area contributed by atoms with E-state index in [1.54, 1.807) is 0 Å². The summed E-state index contributed by atoms with van der Waals surface area (Å²) in [6, 6.07) is 93.9. The molecule has 2 heterocycles. The van der Waals surface area contributed by atoms with Gasteiger partial charge in [-0.15, -0.1) is 0 Å². The second kappa shape index (κ2) is 21.7. The Labute approximate surface area is 461 Å². The van der Waals surface area contributed by atoms with Gasteiger partial charge in [-0.3, -0.25) is 0 Å². The summed E-state index contributed by atoms with van der Waals surface area (Å²) in [5.74, 6) is 0. The summed E-state index contributed by atoms with van der Waals surface area (Å²) in [5.41, 5.74) is 21.5. The minimum Gasteiger partial charge on any atom is -0.372 e. The second-order valence-corrected chi connectivity index (χ2v) is 20.1. The van der Waals surface area contributed by atoms with Gasteiger partial charge >= 0.3 is 0 Å². The maximum Gasteiger partial charge on any atom is 0.0721 e. The Kier molecular flexibility index (Phi) is 13.4. The van der Waals surface area contributed by atoms with E-state index in [4.69, 9.17) is 9.47 Å². The molecule has 79 heavy (non-hydrogen) atoms. The summed E-state index contributed by atoms with van der Waals surface area (Å²) in [5, 5.41) is 4.77. The molecule has 5 heteroatoms. The molecule has 13 rings (SSSR count). The first-order chi connectivity index (χ1) is 39.0. The lowest BCUT2D eigenvalue weighted by atomic mass is 10.0. The van der Waals surface area contributed by atoms with Gasteiger partial charge in [0.15, 0.2) is 0 Å². The Bertz CT molecular complexity index is 4290. The van der Waals surface area contributed by atoms with Gasteiger partial charge in [0.2, 0.25) is 0 Å². The van der Waals surface area contributed by atoms with E-state index in [1.165, 1.54) is 32.7 Å². The highest BCUT2D eigenvalue weighted by atomic mass is 16.5. The van der Waals surface area contributed by atoms with Gasteiger partial charge in [-0.25, -0.2) is 0 Å². The zero-order valence-corrected chi connectivity index (χ0v) is 43.9. The van der Waals surface area contributed by atoms with E-state index in [0.29, 0.717) is 26.4 Å². The number of ether oxygens (including phenoxy) is 2. The predicted octanol–water partition coefficient (Wildman–Crippen LogP) is 19.4. The van der Waals surface area contributed by atoms with E-state index in [1.807, 2.05) is 12.2 Å². The number of nitrogens with zero attached hydrogens (tertiary/aromatic N) is 3. The highest BCUT2D eigenvalue weighted by Crippen LogP contribution is 2.42. The SMILES string of the molecule is C=Cc1ccc(COCc2ccc(-n3c4ccccc4c4cc(N(c5ccc(-c6ccccc6)cc5)c5ccc(-c6ccc7c(c6)c6cc(COCc8ccc(C=C)cc8)ccc6n7-c6ccccc6)cc5)ccc43)cc2)cc1. The number of benzene rings is 11. The van der Waals surface area contributed by atoms with Crippen LogP contribution in [0.5, 0.6) is 0 Å². The van der Waals surface area contributed by atoms with Gasteiger partial charge < -0.3 is 23.5 Å². The number of rotatable bonds is 17. The number of hydrogen-bond acceptors (Lipinski definition) is 3. The fourth-order valence-electron chi connectivity index (χ4n) is 11.1. The van der Waals surface area contributed by atoms with Crippen LogP contribution in [0, 0.1) is 0 Å². The fourth-order valence-corrected chi connectivity index (χ4v) is 11.1. The standard InChI is InChI=1S/C74H57N3O2/c1-3-52-19-23-54(24-20-52)48-78-50-56-27-35-65(36-28-56)77-71-18-12-11-17-67(71)70-47-66(41-44-74(70)77)75(63-37-30-59(31-38-63)58-13-7-5-8-14-58)64-39-32-60(33-40-64)61-34-43-73-69(46-61)68-45-57(51-79-49-55-25-21-53(4-2)22-26-55)29-42-72(68)76(73)62-15-9-6-10-16-62/h3-47H,1-2,48-51H2. The van der Waals surface area contributed by atoms with Crippen molar-refractivity contribution >= 4 is 72.8 Å². The molecule has 0 unspecified atom stereocenters. The molecule has 13 aromatic rings. The van der Waals surface area contributed by atoms with Crippen LogP contribution in [0.4, 0.5) is 17.1 Å². The quantitative estimate of drug-likeness (QED) is 0.0911. The van der Waals surface area contributed by atoms with Crippen LogP contribution in [0.1, 0.15) is 33.4 Å². The van der Waals surface area contributed by atoms with Crippen molar-refractivity contribution in [2.75, 3.05) is 4.90 Å². The van der Waals surface area contributed by atoms with Gasteiger partial charge in [-0.05, 0) is 153 Å². The van der Waals surface area contributed by atoms with Crippen molar-refractivity contribution in [3.63, 3.8) is 0 Å². The molecule has 0 bridgehead atoms. The molecule has 0 saturated carbocycles. The van der Waals surface area contributed by atoms with Gasteiger partial charge in [0.25, 0.3) is 0 Å². The maximum absolute atomic E-state index is 6.29. The van der Waals surface area contributed by atoms with E-state index in [2.05, 4.69) is 288 Å². The van der Waals surface area contributed by atoms with Crippen LogP contribution in [-0.4, -0.2) is 9.13 Å². The molecule has 0 aliphatic rings. The molecule has 380 valence electrons. The monoisotopic (exact) mass is 1020 g/mol. The molecule has 0 spiro atoms. The second-order valence-electron chi connectivity index (χ2n) is 20.1. The van der Waals surface area contributed by atoms with E-state index in [0.717, 1.165) is 95.0 Å². The van der Waals surface area contributed by atoms with Crippen molar-refractivity contribution in [1.82, 2.24) is 9.13 Å². The Morgan fingerprint density at radius 2 is 0.696 bits per heavy atom. The molecular weight excluding hydrogens is 963 g/mol. The van der Waals surface area contributed by atoms with Crippen molar-refractivity contribution in [3.8, 4) is 33.6 Å². The van der Waals surface area contributed by atoms with Gasteiger partial charge in [0.1, 0.15) is 0 Å². The fraction of sp³-hybridized carbons (Fsp3) is 0.0541. The van der Waals surface area contributed by atoms with Crippen molar-refractivity contribution in [2.45, 2.75) is 26.4 Å². The van der Waals surface area contributed by atoms with Crippen molar-refractivity contribution < 1.29 is 9.47 Å². The smallest absolute Gasteiger partial charge is 0.0721 e. The van der Waals surface area contributed by atoms with E-state index < -0.39 is 0 Å². The van der Waals surface area contributed by atoms with Crippen molar-refractivity contribution in [2.24, 2.45) is 0 Å². The third-order valence-corrected chi connectivity index (χ3v) is 15.2. The van der Waals surface area contributed by atoms with Crippen LogP contribution in [0.3, 0.4) is 0 Å². The zero-order chi connectivity index (χ0) is 53.1. The average molecular weight is 1020 g/mol. The molecule has 0 saturated heterocycles. The van der Waals surface area contributed by atoms with E-state index in [-0.39, 0.29) is 0 Å². The number of hydrogen-bond donors (Lipinski definition) is 0. The maximum atomic E-state index is 6.29. The summed E-state index contributed by atoms with van der Waals surface area (Å²) >= 11 is 0.